The molecule has 1 rings (SSSR count). The molecule has 0 bridgehead atoms. The number of rotatable bonds is 2. The summed E-state index contributed by atoms with van der Waals surface area (Å²) in [6.07, 6.45) is 0. The number of carbonyl (C=O) groups excluding carboxylic acids is 1. The van der Waals surface area contributed by atoms with E-state index in [1.807, 2.05) is 0 Å². The normalized spacial score (nSPS) is 9.86. The van der Waals surface area contributed by atoms with Crippen molar-refractivity contribution in [2.45, 2.75) is 6.92 Å². The maximum absolute atomic E-state index is 11.1. The molecule has 14 heavy (non-hydrogen) atoms. The number of nitrogen functional groups attached to an aromatic ring is 1. The molecule has 0 amide bonds. The van der Waals surface area contributed by atoms with Gasteiger partial charge in [0.25, 0.3) is 5.69 Å². The van der Waals surface area contributed by atoms with E-state index in [0.29, 0.717) is 4.47 Å². The molecule has 6 heteroatoms. The number of carbonyl (C=O) groups is 1. The molecule has 1 aromatic rings. The Morgan fingerprint density at radius 2 is 2.14 bits per heavy atom. The van der Waals surface area contributed by atoms with Crippen molar-refractivity contribution in [1.82, 2.24) is 0 Å². The molecule has 0 unspecified atom stereocenters. The topological polar surface area (TPSA) is 86.2 Å². The molecule has 0 fully saturated rings. The van der Waals surface area contributed by atoms with Crippen LogP contribution in [0, 0.1) is 10.1 Å². The van der Waals surface area contributed by atoms with E-state index in [4.69, 9.17) is 5.73 Å². The van der Waals surface area contributed by atoms with Gasteiger partial charge in [-0.15, -0.1) is 0 Å². The molecule has 0 atom stereocenters. The Hall–Kier alpha value is -1.43. The van der Waals surface area contributed by atoms with Crippen LogP contribution in [0.1, 0.15) is 17.3 Å². The van der Waals surface area contributed by atoms with Crippen LogP contribution in [0.2, 0.25) is 0 Å². The highest BCUT2D eigenvalue weighted by Gasteiger charge is 2.21. The first-order valence-electron chi connectivity index (χ1n) is 3.68. The van der Waals surface area contributed by atoms with Gasteiger partial charge in [0.15, 0.2) is 5.78 Å². The summed E-state index contributed by atoms with van der Waals surface area (Å²) in [6.45, 7) is 1.27. The van der Waals surface area contributed by atoms with E-state index in [1.54, 1.807) is 0 Å². The molecule has 74 valence electrons. The minimum Gasteiger partial charge on any atom is -0.398 e. The number of nitro groups is 1. The van der Waals surface area contributed by atoms with E-state index in [9.17, 15) is 14.9 Å². The predicted octanol–water partition coefficient (Wildman–Crippen LogP) is 2.14. The van der Waals surface area contributed by atoms with Crippen molar-refractivity contribution in [2.24, 2.45) is 0 Å². The Morgan fingerprint density at radius 3 is 2.57 bits per heavy atom. The van der Waals surface area contributed by atoms with Gasteiger partial charge >= 0.3 is 0 Å². The molecule has 0 aromatic heterocycles. The number of hydrogen-bond donors (Lipinski definition) is 1. The smallest absolute Gasteiger partial charge is 0.283 e. The number of Topliss-reactive ketones (excluding diaryl/α,β-unsaturated/α-hetero) is 1. The predicted molar refractivity (Wildman–Crippen MR) is 55.2 cm³/mol. The van der Waals surface area contributed by atoms with Gasteiger partial charge in [-0.3, -0.25) is 14.9 Å². The van der Waals surface area contributed by atoms with E-state index < -0.39 is 4.92 Å². The first kappa shape index (κ1) is 10.6. The highest BCUT2D eigenvalue weighted by atomic mass is 79.9. The van der Waals surface area contributed by atoms with Crippen molar-refractivity contribution in [1.29, 1.82) is 0 Å². The van der Waals surface area contributed by atoms with Crippen LogP contribution < -0.4 is 5.73 Å². The van der Waals surface area contributed by atoms with Crippen LogP contribution in [0.3, 0.4) is 0 Å². The number of nitrogens with zero attached hydrogens (tertiary/aromatic N) is 1. The summed E-state index contributed by atoms with van der Waals surface area (Å²) < 4.78 is 0.344. The largest absolute Gasteiger partial charge is 0.398 e. The lowest BCUT2D eigenvalue weighted by Crippen LogP contribution is -2.02. The molecular weight excluding hydrogens is 252 g/mol. The van der Waals surface area contributed by atoms with Crippen LogP contribution in [0.5, 0.6) is 0 Å². The van der Waals surface area contributed by atoms with Gasteiger partial charge in [-0.2, -0.15) is 0 Å². The molecule has 0 saturated heterocycles. The zero-order valence-electron chi connectivity index (χ0n) is 7.28. The highest BCUT2D eigenvalue weighted by Crippen LogP contribution is 2.30. The van der Waals surface area contributed by atoms with Gasteiger partial charge in [-0.1, -0.05) is 0 Å². The summed E-state index contributed by atoms with van der Waals surface area (Å²) in [5.41, 5.74) is 5.44. The molecule has 5 nitrogen and oxygen atoms in total. The molecule has 0 heterocycles. The zero-order chi connectivity index (χ0) is 10.9. The van der Waals surface area contributed by atoms with E-state index in [2.05, 4.69) is 15.9 Å². The first-order chi connectivity index (χ1) is 6.43. The van der Waals surface area contributed by atoms with Gasteiger partial charge in [-0.25, -0.2) is 0 Å². The van der Waals surface area contributed by atoms with E-state index >= 15 is 0 Å². The molecule has 0 aliphatic carbocycles. The molecule has 1 aromatic carbocycles. The van der Waals surface area contributed by atoms with Gasteiger partial charge < -0.3 is 5.73 Å². The first-order valence-corrected chi connectivity index (χ1v) is 4.47. The third-order valence-corrected chi connectivity index (χ3v) is 2.27. The summed E-state index contributed by atoms with van der Waals surface area (Å²) in [5, 5.41) is 10.6. The second kappa shape index (κ2) is 3.75. The molecule has 0 saturated carbocycles. The average molecular weight is 259 g/mol. The quantitative estimate of drug-likeness (QED) is 0.381. The zero-order valence-corrected chi connectivity index (χ0v) is 8.87. The number of hydrogen-bond acceptors (Lipinski definition) is 4. The van der Waals surface area contributed by atoms with Crippen molar-refractivity contribution < 1.29 is 9.72 Å². The summed E-state index contributed by atoms with van der Waals surface area (Å²) in [7, 11) is 0. The van der Waals surface area contributed by atoms with E-state index in [-0.39, 0.29) is 22.7 Å². The van der Waals surface area contributed by atoms with Crippen molar-refractivity contribution >= 4 is 33.1 Å². The van der Waals surface area contributed by atoms with Crippen molar-refractivity contribution in [3.05, 3.63) is 32.3 Å². The van der Waals surface area contributed by atoms with Crippen LogP contribution in [-0.4, -0.2) is 10.7 Å². The summed E-state index contributed by atoms with van der Waals surface area (Å²) in [4.78, 5) is 21.1. The van der Waals surface area contributed by atoms with Crippen LogP contribution in [0.25, 0.3) is 0 Å². The van der Waals surface area contributed by atoms with Crippen LogP contribution >= 0.6 is 15.9 Å². The SMILES string of the molecule is CC(=O)c1c(Br)cc(N)cc1[N+](=O)[O-]. The van der Waals surface area contributed by atoms with Crippen molar-refractivity contribution in [3.8, 4) is 0 Å². The van der Waals surface area contributed by atoms with E-state index in [0.717, 1.165) is 0 Å². The Kier molecular flexibility index (Phi) is 2.85. The number of benzene rings is 1. The minimum atomic E-state index is -0.627. The van der Waals surface area contributed by atoms with Gasteiger partial charge in [0.1, 0.15) is 5.56 Å². The van der Waals surface area contributed by atoms with Gasteiger partial charge in [0.2, 0.25) is 0 Å². The third-order valence-electron chi connectivity index (χ3n) is 1.64. The number of ketones is 1. The number of anilines is 1. The van der Waals surface area contributed by atoms with Crippen molar-refractivity contribution in [2.75, 3.05) is 5.73 Å². The fraction of sp³-hybridized carbons (Fsp3) is 0.125. The molecule has 2 N–H and O–H groups in total. The summed E-state index contributed by atoms with van der Waals surface area (Å²) in [5.74, 6) is -0.372. The van der Waals surface area contributed by atoms with Gasteiger partial charge in [0.05, 0.1) is 4.92 Å². The van der Waals surface area contributed by atoms with Gasteiger partial charge in [-0.05, 0) is 28.9 Å². The maximum atomic E-state index is 11.1. The molecule has 0 aliphatic heterocycles. The Labute approximate surface area is 88.2 Å². The molecular formula is C8H7BrN2O3. The monoisotopic (exact) mass is 258 g/mol. The second-order valence-electron chi connectivity index (χ2n) is 2.71. The van der Waals surface area contributed by atoms with Crippen LogP contribution in [0.4, 0.5) is 11.4 Å². The van der Waals surface area contributed by atoms with Gasteiger partial charge in [0, 0.05) is 16.2 Å². The number of nitro benzene ring substituents is 1. The fourth-order valence-corrected chi connectivity index (χ4v) is 1.85. The summed E-state index contributed by atoms with van der Waals surface area (Å²) in [6, 6.07) is 2.63. The van der Waals surface area contributed by atoms with Crippen LogP contribution in [-0.2, 0) is 0 Å². The lowest BCUT2D eigenvalue weighted by atomic mass is 10.1. The maximum Gasteiger partial charge on any atom is 0.283 e. The fourth-order valence-electron chi connectivity index (χ4n) is 1.11. The number of halogens is 1. The average Bonchev–Trinajstić information content (AvgIpc) is 2.01. The Balaban J connectivity index is 3.52. The third kappa shape index (κ3) is 1.90. The summed E-state index contributed by atoms with van der Waals surface area (Å²) >= 11 is 3.06. The Bertz CT molecular complexity index is 417. The molecule has 0 radical (unpaired) electrons. The second-order valence-corrected chi connectivity index (χ2v) is 3.56. The molecule has 0 spiro atoms. The number of nitrogens with two attached hydrogens (primary N) is 1. The minimum absolute atomic E-state index is 0.0456. The lowest BCUT2D eigenvalue weighted by Gasteiger charge is -2.03. The highest BCUT2D eigenvalue weighted by molar-refractivity contribution is 9.10. The van der Waals surface area contributed by atoms with E-state index in [1.165, 1.54) is 19.1 Å². The van der Waals surface area contributed by atoms with Crippen LogP contribution in [0.15, 0.2) is 16.6 Å². The molecule has 0 aliphatic rings. The van der Waals surface area contributed by atoms with Crippen molar-refractivity contribution in [3.63, 3.8) is 0 Å². The lowest BCUT2D eigenvalue weighted by molar-refractivity contribution is -0.385. The Morgan fingerprint density at radius 1 is 1.57 bits per heavy atom. The standard InChI is InChI=1S/C8H7BrN2O3/c1-4(12)8-6(9)2-5(10)3-7(8)11(13)14/h2-3H,10H2,1H3.